The van der Waals surface area contributed by atoms with E-state index < -0.39 is 11.9 Å². The summed E-state index contributed by atoms with van der Waals surface area (Å²) < 4.78 is 0. The fraction of sp³-hybridized carbons (Fsp3) is 0.400. The molecular formula is C5H6N2O2. The molecule has 0 aromatic carbocycles. The van der Waals surface area contributed by atoms with Gasteiger partial charge in [-0.25, -0.2) is 0 Å². The third-order valence-corrected chi connectivity index (χ3v) is 0.980. The maximum Gasteiger partial charge on any atom is 0.317 e. The Bertz CT molecular complexity index is 162. The molecule has 0 aromatic heterocycles. The van der Waals surface area contributed by atoms with Gasteiger partial charge >= 0.3 is 5.97 Å². The normalized spacial score (nSPS) is 18.2. The first-order valence-electron chi connectivity index (χ1n) is 2.53. The summed E-state index contributed by atoms with van der Waals surface area (Å²) >= 11 is 0. The highest BCUT2D eigenvalue weighted by atomic mass is 16.4. The van der Waals surface area contributed by atoms with Crippen LogP contribution in [0.2, 0.25) is 0 Å². The second kappa shape index (κ2) is 2.39. The van der Waals surface area contributed by atoms with E-state index in [1.54, 1.807) is 0 Å². The van der Waals surface area contributed by atoms with E-state index in [-0.39, 0.29) is 0 Å². The molecule has 0 radical (unpaired) electrons. The molecule has 0 aromatic rings. The van der Waals surface area contributed by atoms with Gasteiger partial charge in [0.2, 0.25) is 0 Å². The van der Waals surface area contributed by atoms with E-state index >= 15 is 0 Å². The SMILES string of the molecule is O=C(O)C1C=NCN=C1. The number of nitrogens with zero attached hydrogens (tertiary/aromatic N) is 2. The van der Waals surface area contributed by atoms with Crippen molar-refractivity contribution in [3.8, 4) is 0 Å². The van der Waals surface area contributed by atoms with Crippen LogP contribution in [0.25, 0.3) is 0 Å². The fourth-order valence-electron chi connectivity index (χ4n) is 0.535. The third kappa shape index (κ3) is 1.35. The minimum absolute atomic E-state index is 0.365. The second-order valence-electron chi connectivity index (χ2n) is 1.67. The molecule has 48 valence electrons. The average molecular weight is 126 g/mol. The molecule has 0 aliphatic carbocycles. The van der Waals surface area contributed by atoms with Gasteiger partial charge in [-0.15, -0.1) is 0 Å². The van der Waals surface area contributed by atoms with E-state index in [1.807, 2.05) is 0 Å². The lowest BCUT2D eigenvalue weighted by Gasteiger charge is -2.01. The van der Waals surface area contributed by atoms with Gasteiger partial charge in [0.1, 0.15) is 12.6 Å². The Kier molecular flexibility index (Phi) is 1.58. The Hall–Kier alpha value is -1.19. The fourth-order valence-corrected chi connectivity index (χ4v) is 0.535. The van der Waals surface area contributed by atoms with Gasteiger partial charge in [0.25, 0.3) is 0 Å². The van der Waals surface area contributed by atoms with Crippen LogP contribution in [-0.2, 0) is 4.79 Å². The van der Waals surface area contributed by atoms with Gasteiger partial charge in [0.15, 0.2) is 0 Å². The summed E-state index contributed by atoms with van der Waals surface area (Å²) in [4.78, 5) is 17.5. The molecule has 0 atom stereocenters. The highest BCUT2D eigenvalue weighted by Gasteiger charge is 2.12. The van der Waals surface area contributed by atoms with Crippen LogP contribution in [-0.4, -0.2) is 30.2 Å². The first-order chi connectivity index (χ1) is 4.30. The maximum absolute atomic E-state index is 10.2. The van der Waals surface area contributed by atoms with Gasteiger partial charge in [-0.2, -0.15) is 0 Å². The Balaban J connectivity index is 2.60. The predicted molar refractivity (Wildman–Crippen MR) is 33.0 cm³/mol. The zero-order valence-electron chi connectivity index (χ0n) is 4.69. The summed E-state index contributed by atoms with van der Waals surface area (Å²) in [5.74, 6) is -1.51. The standard InChI is InChI=1S/C5H6N2O2/c8-5(9)4-1-6-3-7-2-4/h1-2,4H,3H2,(H,8,9). The van der Waals surface area contributed by atoms with Crippen molar-refractivity contribution in [3.63, 3.8) is 0 Å². The first kappa shape index (κ1) is 5.94. The molecule has 0 saturated heterocycles. The molecule has 1 N–H and O–H groups in total. The number of hydrogen-bond donors (Lipinski definition) is 1. The monoisotopic (exact) mass is 126 g/mol. The topological polar surface area (TPSA) is 62.0 Å². The lowest BCUT2D eigenvalue weighted by Crippen LogP contribution is -2.18. The van der Waals surface area contributed by atoms with Gasteiger partial charge in [0, 0.05) is 12.4 Å². The zero-order chi connectivity index (χ0) is 6.69. The molecule has 4 heteroatoms. The van der Waals surface area contributed by atoms with Gasteiger partial charge in [0.05, 0.1) is 0 Å². The molecule has 0 unspecified atom stereocenters. The molecule has 0 saturated carbocycles. The molecule has 1 rings (SSSR count). The highest BCUT2D eigenvalue weighted by molar-refractivity contribution is 6.05. The van der Waals surface area contributed by atoms with Crippen LogP contribution >= 0.6 is 0 Å². The maximum atomic E-state index is 10.2. The van der Waals surface area contributed by atoms with Crippen molar-refractivity contribution in [1.29, 1.82) is 0 Å². The van der Waals surface area contributed by atoms with Crippen molar-refractivity contribution < 1.29 is 9.90 Å². The number of carbonyl (C=O) groups is 1. The molecule has 9 heavy (non-hydrogen) atoms. The number of rotatable bonds is 1. The Morgan fingerprint density at radius 3 is 2.44 bits per heavy atom. The van der Waals surface area contributed by atoms with E-state index in [0.717, 1.165) is 0 Å². The van der Waals surface area contributed by atoms with Gasteiger partial charge < -0.3 is 5.11 Å². The molecule has 0 bridgehead atoms. The van der Waals surface area contributed by atoms with Crippen molar-refractivity contribution in [2.45, 2.75) is 0 Å². The third-order valence-electron chi connectivity index (χ3n) is 0.980. The minimum Gasteiger partial charge on any atom is -0.480 e. The van der Waals surface area contributed by atoms with Gasteiger partial charge in [-0.05, 0) is 0 Å². The molecule has 0 spiro atoms. The highest BCUT2D eigenvalue weighted by Crippen LogP contribution is 1.93. The minimum atomic E-state index is -0.901. The molecule has 1 heterocycles. The van der Waals surface area contributed by atoms with Crippen LogP contribution in [0.1, 0.15) is 0 Å². The number of aliphatic imine (C=N–C) groups is 2. The number of hydrogen-bond acceptors (Lipinski definition) is 3. The molecular weight excluding hydrogens is 120 g/mol. The van der Waals surface area contributed by atoms with E-state index in [0.29, 0.717) is 6.67 Å². The summed E-state index contributed by atoms with van der Waals surface area (Å²) in [6.45, 7) is 0.365. The zero-order valence-corrected chi connectivity index (χ0v) is 4.69. The second-order valence-corrected chi connectivity index (χ2v) is 1.67. The molecule has 4 nitrogen and oxygen atoms in total. The van der Waals surface area contributed by atoms with Crippen LogP contribution in [0.5, 0.6) is 0 Å². The summed E-state index contributed by atoms with van der Waals surface area (Å²) in [6.07, 6.45) is 2.77. The Morgan fingerprint density at radius 2 is 2.11 bits per heavy atom. The van der Waals surface area contributed by atoms with E-state index in [2.05, 4.69) is 9.98 Å². The van der Waals surface area contributed by atoms with Gasteiger partial charge in [-0.1, -0.05) is 0 Å². The molecule has 1 aliphatic rings. The van der Waals surface area contributed by atoms with Crippen LogP contribution in [0, 0.1) is 5.92 Å². The lowest BCUT2D eigenvalue weighted by atomic mass is 10.2. The number of carboxylic acid groups (broad SMARTS) is 1. The molecule has 0 fully saturated rings. The number of aliphatic carboxylic acids is 1. The van der Waals surface area contributed by atoms with Crippen LogP contribution in [0.3, 0.4) is 0 Å². The molecule has 0 amide bonds. The van der Waals surface area contributed by atoms with E-state index in [4.69, 9.17) is 5.11 Å². The summed E-state index contributed by atoms with van der Waals surface area (Å²) in [6, 6.07) is 0. The van der Waals surface area contributed by atoms with Gasteiger partial charge in [-0.3, -0.25) is 14.8 Å². The van der Waals surface area contributed by atoms with Crippen LogP contribution in [0.15, 0.2) is 9.98 Å². The van der Waals surface area contributed by atoms with Crippen molar-refractivity contribution >= 4 is 18.4 Å². The van der Waals surface area contributed by atoms with Crippen molar-refractivity contribution in [2.24, 2.45) is 15.9 Å². The molecule has 1 aliphatic heterocycles. The van der Waals surface area contributed by atoms with Crippen molar-refractivity contribution in [3.05, 3.63) is 0 Å². The van der Waals surface area contributed by atoms with E-state index in [1.165, 1.54) is 12.4 Å². The summed E-state index contributed by atoms with van der Waals surface area (Å²) in [5.41, 5.74) is 0. The van der Waals surface area contributed by atoms with Crippen molar-refractivity contribution in [2.75, 3.05) is 6.67 Å². The summed E-state index contributed by atoms with van der Waals surface area (Å²) in [5, 5.41) is 8.36. The largest absolute Gasteiger partial charge is 0.480 e. The lowest BCUT2D eigenvalue weighted by molar-refractivity contribution is -0.137. The quantitative estimate of drug-likeness (QED) is 0.528. The van der Waals surface area contributed by atoms with Crippen molar-refractivity contribution in [1.82, 2.24) is 0 Å². The smallest absolute Gasteiger partial charge is 0.317 e. The van der Waals surface area contributed by atoms with Crippen LogP contribution in [0.4, 0.5) is 0 Å². The van der Waals surface area contributed by atoms with Crippen LogP contribution < -0.4 is 0 Å². The average Bonchev–Trinajstić information content (AvgIpc) is 1.90. The number of carboxylic acids is 1. The Labute approximate surface area is 51.9 Å². The first-order valence-corrected chi connectivity index (χ1v) is 2.53. The van der Waals surface area contributed by atoms with E-state index in [9.17, 15) is 4.79 Å². The Morgan fingerprint density at radius 1 is 1.56 bits per heavy atom. The predicted octanol–water partition coefficient (Wildman–Crippen LogP) is -0.200. The summed E-state index contributed by atoms with van der Waals surface area (Å²) in [7, 11) is 0.